The van der Waals surface area contributed by atoms with Crippen LogP contribution in [0.2, 0.25) is 0 Å². The number of benzene rings is 1. The van der Waals surface area contributed by atoms with Gasteiger partial charge in [0.1, 0.15) is 5.82 Å². The Morgan fingerprint density at radius 3 is 2.67 bits per heavy atom. The molecule has 1 aromatic rings. The maximum Gasteiger partial charge on any atom is 0.319 e. The highest BCUT2D eigenvalue weighted by molar-refractivity contribution is 7.99. The number of amides is 2. The lowest BCUT2D eigenvalue weighted by atomic mass is 10.3. The number of thioether (sulfide) groups is 1. The number of aliphatic hydroxyl groups is 1. The van der Waals surface area contributed by atoms with Crippen LogP contribution in [0, 0.1) is 5.82 Å². The van der Waals surface area contributed by atoms with Gasteiger partial charge in [0.05, 0.1) is 0 Å². The first kappa shape index (κ1) is 14.8. The number of halogens is 1. The number of urea groups is 1. The zero-order valence-corrected chi connectivity index (χ0v) is 10.8. The van der Waals surface area contributed by atoms with E-state index in [1.807, 2.05) is 0 Å². The highest BCUT2D eigenvalue weighted by Gasteiger charge is 2.00. The fourth-order valence-corrected chi connectivity index (χ4v) is 2.00. The largest absolute Gasteiger partial charge is 0.396 e. The van der Waals surface area contributed by atoms with E-state index < -0.39 is 0 Å². The molecule has 0 aliphatic heterocycles. The summed E-state index contributed by atoms with van der Waals surface area (Å²) >= 11 is 1.68. The number of aliphatic hydroxyl groups excluding tert-OH is 1. The Balaban J connectivity index is 2.12. The summed E-state index contributed by atoms with van der Waals surface area (Å²) in [5.74, 6) is 1.36. The van der Waals surface area contributed by atoms with Gasteiger partial charge in [0, 0.05) is 24.6 Å². The summed E-state index contributed by atoms with van der Waals surface area (Å²) < 4.78 is 12.6. The van der Waals surface area contributed by atoms with Crippen LogP contribution in [0.4, 0.5) is 14.9 Å². The molecule has 1 aromatic carbocycles. The van der Waals surface area contributed by atoms with Crippen LogP contribution in [-0.2, 0) is 0 Å². The maximum atomic E-state index is 12.6. The highest BCUT2D eigenvalue weighted by Crippen LogP contribution is 2.07. The van der Waals surface area contributed by atoms with Gasteiger partial charge in [-0.3, -0.25) is 0 Å². The first-order chi connectivity index (χ1) is 8.72. The van der Waals surface area contributed by atoms with Crippen molar-refractivity contribution in [1.82, 2.24) is 5.32 Å². The van der Waals surface area contributed by atoms with E-state index >= 15 is 0 Å². The zero-order valence-electron chi connectivity index (χ0n) is 9.99. The van der Waals surface area contributed by atoms with Crippen molar-refractivity contribution in [3.05, 3.63) is 30.1 Å². The van der Waals surface area contributed by atoms with Crippen LogP contribution in [0.25, 0.3) is 0 Å². The molecule has 3 N–H and O–H groups in total. The average Bonchev–Trinajstić information content (AvgIpc) is 2.36. The van der Waals surface area contributed by atoms with E-state index in [9.17, 15) is 9.18 Å². The molecule has 0 aliphatic rings. The van der Waals surface area contributed by atoms with Crippen molar-refractivity contribution in [3.8, 4) is 0 Å². The second kappa shape index (κ2) is 8.77. The van der Waals surface area contributed by atoms with Crippen LogP contribution in [0.1, 0.15) is 6.42 Å². The molecule has 0 spiro atoms. The molecule has 0 heterocycles. The summed E-state index contributed by atoms with van der Waals surface area (Å²) in [6.45, 7) is 0.759. The van der Waals surface area contributed by atoms with Crippen molar-refractivity contribution >= 4 is 23.5 Å². The van der Waals surface area contributed by atoms with Crippen LogP contribution in [0.15, 0.2) is 24.3 Å². The fourth-order valence-electron chi connectivity index (χ4n) is 1.21. The second-order valence-corrected chi connectivity index (χ2v) is 4.80. The molecule has 0 saturated heterocycles. The first-order valence-corrected chi connectivity index (χ1v) is 6.87. The molecule has 0 radical (unpaired) electrons. The van der Waals surface area contributed by atoms with Gasteiger partial charge in [-0.15, -0.1) is 0 Å². The third kappa shape index (κ3) is 6.46. The van der Waals surface area contributed by atoms with E-state index in [2.05, 4.69) is 10.6 Å². The number of hydrogen-bond donors (Lipinski definition) is 3. The molecule has 0 unspecified atom stereocenters. The summed E-state index contributed by atoms with van der Waals surface area (Å²) in [6.07, 6.45) is 0.770. The quantitative estimate of drug-likeness (QED) is 0.666. The smallest absolute Gasteiger partial charge is 0.319 e. The van der Waals surface area contributed by atoms with E-state index in [0.29, 0.717) is 12.2 Å². The normalized spacial score (nSPS) is 10.1. The minimum Gasteiger partial charge on any atom is -0.396 e. The number of nitrogens with one attached hydrogen (secondary N) is 2. The lowest BCUT2D eigenvalue weighted by Gasteiger charge is -2.07. The van der Waals surface area contributed by atoms with E-state index in [0.717, 1.165) is 17.9 Å². The van der Waals surface area contributed by atoms with Crippen molar-refractivity contribution in [1.29, 1.82) is 0 Å². The molecule has 0 aromatic heterocycles. The van der Waals surface area contributed by atoms with Gasteiger partial charge < -0.3 is 15.7 Å². The van der Waals surface area contributed by atoms with Crippen LogP contribution < -0.4 is 10.6 Å². The van der Waals surface area contributed by atoms with E-state index in [-0.39, 0.29) is 18.5 Å². The van der Waals surface area contributed by atoms with E-state index in [4.69, 9.17) is 5.11 Å². The van der Waals surface area contributed by atoms with Gasteiger partial charge in [0.2, 0.25) is 0 Å². The first-order valence-electron chi connectivity index (χ1n) is 5.71. The van der Waals surface area contributed by atoms with Crippen LogP contribution in [0.5, 0.6) is 0 Å². The lowest BCUT2D eigenvalue weighted by molar-refractivity contribution is 0.252. The maximum absolute atomic E-state index is 12.6. The molecule has 18 heavy (non-hydrogen) atoms. The monoisotopic (exact) mass is 272 g/mol. The molecule has 0 aliphatic carbocycles. The van der Waals surface area contributed by atoms with Crippen molar-refractivity contribution < 1.29 is 14.3 Å². The van der Waals surface area contributed by atoms with Gasteiger partial charge in [-0.1, -0.05) is 0 Å². The summed E-state index contributed by atoms with van der Waals surface area (Å²) in [5, 5.41) is 13.9. The number of carbonyl (C=O) groups is 1. The van der Waals surface area contributed by atoms with Gasteiger partial charge in [0.25, 0.3) is 0 Å². The van der Waals surface area contributed by atoms with Gasteiger partial charge in [-0.25, -0.2) is 9.18 Å². The molecule has 2 amide bonds. The molecule has 0 fully saturated rings. The third-order valence-electron chi connectivity index (χ3n) is 2.08. The van der Waals surface area contributed by atoms with Gasteiger partial charge in [-0.05, 0) is 36.4 Å². The Hall–Kier alpha value is -1.27. The number of hydrogen-bond acceptors (Lipinski definition) is 3. The van der Waals surface area contributed by atoms with E-state index in [1.54, 1.807) is 11.8 Å². The second-order valence-electron chi connectivity index (χ2n) is 3.58. The Morgan fingerprint density at radius 2 is 2.00 bits per heavy atom. The van der Waals surface area contributed by atoms with Crippen LogP contribution >= 0.6 is 11.8 Å². The van der Waals surface area contributed by atoms with Gasteiger partial charge in [-0.2, -0.15) is 11.8 Å². The van der Waals surface area contributed by atoms with E-state index in [1.165, 1.54) is 24.3 Å². The number of carbonyl (C=O) groups excluding carboxylic acids is 1. The summed E-state index contributed by atoms with van der Waals surface area (Å²) in [6, 6.07) is 5.29. The molecular weight excluding hydrogens is 255 g/mol. The van der Waals surface area contributed by atoms with Crippen molar-refractivity contribution in [2.75, 3.05) is 30.0 Å². The third-order valence-corrected chi connectivity index (χ3v) is 3.15. The van der Waals surface area contributed by atoms with Gasteiger partial charge in [0.15, 0.2) is 0 Å². The molecule has 1 rings (SSSR count). The molecule has 100 valence electrons. The average molecular weight is 272 g/mol. The summed E-state index contributed by atoms with van der Waals surface area (Å²) in [4.78, 5) is 11.4. The fraction of sp³-hybridized carbons (Fsp3) is 0.417. The Labute approximate surface area is 110 Å². The lowest BCUT2D eigenvalue weighted by Crippen LogP contribution is -2.30. The topological polar surface area (TPSA) is 61.4 Å². The Bertz CT molecular complexity index is 360. The van der Waals surface area contributed by atoms with Crippen LogP contribution in [0.3, 0.4) is 0 Å². The predicted molar refractivity (Wildman–Crippen MR) is 72.4 cm³/mol. The number of rotatable bonds is 7. The van der Waals surface area contributed by atoms with Crippen LogP contribution in [-0.4, -0.2) is 35.8 Å². The molecule has 4 nitrogen and oxygen atoms in total. The minimum atomic E-state index is -0.332. The molecule has 0 bridgehead atoms. The highest BCUT2D eigenvalue weighted by atomic mass is 32.2. The summed E-state index contributed by atoms with van der Waals surface area (Å²) in [5.41, 5.74) is 0.557. The SMILES string of the molecule is O=C(NCCSCCCO)Nc1ccc(F)cc1. The van der Waals surface area contributed by atoms with Crippen molar-refractivity contribution in [3.63, 3.8) is 0 Å². The minimum absolute atomic E-state index is 0.200. The standard InChI is InChI=1S/C12H17FN2O2S/c13-10-2-4-11(5-3-10)15-12(17)14-6-9-18-8-1-7-16/h2-5,16H,1,6-9H2,(H2,14,15,17). The Morgan fingerprint density at radius 1 is 1.28 bits per heavy atom. The molecule has 6 heteroatoms. The Kier molecular flexibility index (Phi) is 7.20. The zero-order chi connectivity index (χ0) is 13.2. The van der Waals surface area contributed by atoms with Crippen molar-refractivity contribution in [2.24, 2.45) is 0 Å². The molecule has 0 atom stereocenters. The molecular formula is C12H17FN2O2S. The van der Waals surface area contributed by atoms with Gasteiger partial charge >= 0.3 is 6.03 Å². The predicted octanol–water partition coefficient (Wildman–Crippen LogP) is 2.06. The summed E-state index contributed by atoms with van der Waals surface area (Å²) in [7, 11) is 0. The van der Waals surface area contributed by atoms with Crippen molar-refractivity contribution in [2.45, 2.75) is 6.42 Å². The number of anilines is 1. The molecule has 0 saturated carbocycles.